The van der Waals surface area contributed by atoms with Crippen molar-refractivity contribution in [3.05, 3.63) is 64.6 Å². The van der Waals surface area contributed by atoms with Crippen LogP contribution >= 0.6 is 15.9 Å². The van der Waals surface area contributed by atoms with Crippen LogP contribution in [0.2, 0.25) is 0 Å². The van der Waals surface area contributed by atoms with Gasteiger partial charge >= 0.3 is 5.97 Å². The smallest absolute Gasteiger partial charge is 0.320 e. The van der Waals surface area contributed by atoms with Crippen molar-refractivity contribution in [2.75, 3.05) is 25.0 Å². The average Bonchev–Trinajstić information content (AvgIpc) is 2.58. The molecule has 0 saturated carbocycles. The minimum absolute atomic E-state index is 0.0616. The van der Waals surface area contributed by atoms with Crippen molar-refractivity contribution in [2.24, 2.45) is 0 Å². The number of hydrogen-bond acceptors (Lipinski definition) is 4. The number of halogens is 1. The Morgan fingerprint density at radius 1 is 1.04 bits per heavy atom. The van der Waals surface area contributed by atoms with Gasteiger partial charge in [0.2, 0.25) is 5.91 Å². The van der Waals surface area contributed by atoms with Crippen LogP contribution in [0.25, 0.3) is 0 Å². The highest BCUT2D eigenvalue weighted by Gasteiger charge is 2.16. The van der Waals surface area contributed by atoms with Crippen molar-refractivity contribution >= 4 is 33.5 Å². The zero-order valence-electron chi connectivity index (χ0n) is 14.1. The number of nitrogens with one attached hydrogen (secondary N) is 1. The number of carbonyl (C=O) groups excluding carboxylic acids is 2. The third-order valence-electron chi connectivity index (χ3n) is 3.42. The lowest BCUT2D eigenvalue weighted by atomic mass is 10.2. The fraction of sp³-hybridized carbons (Fsp3) is 0.263. The summed E-state index contributed by atoms with van der Waals surface area (Å²) in [5, 5.41) is 2.85. The van der Waals surface area contributed by atoms with Crippen LogP contribution in [0.5, 0.6) is 0 Å². The highest BCUT2D eigenvalue weighted by Crippen LogP contribution is 2.21. The Balaban J connectivity index is 2.02. The second-order valence-corrected chi connectivity index (χ2v) is 6.32. The van der Waals surface area contributed by atoms with Gasteiger partial charge in [-0.2, -0.15) is 0 Å². The maximum absolute atomic E-state index is 12.4. The van der Waals surface area contributed by atoms with Crippen LogP contribution in [0, 0.1) is 0 Å². The minimum atomic E-state index is -0.341. The predicted octanol–water partition coefficient (Wildman–Crippen LogP) is 3.45. The second kappa shape index (κ2) is 9.96. The molecule has 0 radical (unpaired) electrons. The molecule has 132 valence electrons. The van der Waals surface area contributed by atoms with E-state index in [1.165, 1.54) is 0 Å². The maximum atomic E-state index is 12.4. The van der Waals surface area contributed by atoms with E-state index in [4.69, 9.17) is 4.74 Å². The highest BCUT2D eigenvalue weighted by molar-refractivity contribution is 9.10. The van der Waals surface area contributed by atoms with Crippen LogP contribution in [0.1, 0.15) is 12.5 Å². The molecule has 0 unspecified atom stereocenters. The van der Waals surface area contributed by atoms with E-state index in [1.807, 2.05) is 54.6 Å². The standard InChI is InChI=1S/C19H21BrN2O3/c1-2-25-19(24)14-22(12-15-8-4-3-5-9-15)13-18(23)21-17-11-7-6-10-16(17)20/h3-11H,2,12-14H2,1H3,(H,21,23). The molecule has 1 N–H and O–H groups in total. The number of ether oxygens (including phenoxy) is 1. The third-order valence-corrected chi connectivity index (χ3v) is 4.11. The molecular formula is C19H21BrN2O3. The maximum Gasteiger partial charge on any atom is 0.320 e. The zero-order chi connectivity index (χ0) is 18.1. The van der Waals surface area contributed by atoms with Crippen LogP contribution in [-0.4, -0.2) is 36.5 Å². The van der Waals surface area contributed by atoms with Gasteiger partial charge in [-0.25, -0.2) is 0 Å². The molecule has 5 nitrogen and oxygen atoms in total. The van der Waals surface area contributed by atoms with Gasteiger partial charge in [0, 0.05) is 11.0 Å². The van der Waals surface area contributed by atoms with Crippen molar-refractivity contribution in [1.29, 1.82) is 0 Å². The van der Waals surface area contributed by atoms with E-state index in [0.29, 0.717) is 18.8 Å². The largest absolute Gasteiger partial charge is 0.465 e. The summed E-state index contributed by atoms with van der Waals surface area (Å²) in [7, 11) is 0. The number of nitrogens with zero attached hydrogens (tertiary/aromatic N) is 1. The molecule has 0 aliphatic heterocycles. The topological polar surface area (TPSA) is 58.6 Å². The summed E-state index contributed by atoms with van der Waals surface area (Å²) in [6.07, 6.45) is 0. The lowest BCUT2D eigenvalue weighted by Crippen LogP contribution is -2.37. The van der Waals surface area contributed by atoms with Crippen molar-refractivity contribution < 1.29 is 14.3 Å². The van der Waals surface area contributed by atoms with Gasteiger partial charge in [0.1, 0.15) is 0 Å². The molecule has 0 spiro atoms. The van der Waals surface area contributed by atoms with Crippen LogP contribution < -0.4 is 5.32 Å². The second-order valence-electron chi connectivity index (χ2n) is 5.46. The normalized spacial score (nSPS) is 10.5. The minimum Gasteiger partial charge on any atom is -0.465 e. The van der Waals surface area contributed by atoms with Crippen LogP contribution in [0.15, 0.2) is 59.1 Å². The van der Waals surface area contributed by atoms with E-state index in [9.17, 15) is 9.59 Å². The van der Waals surface area contributed by atoms with Gasteiger partial charge in [0.25, 0.3) is 0 Å². The Kier molecular flexibility index (Phi) is 7.63. The van der Waals surface area contributed by atoms with Gasteiger partial charge in [0.15, 0.2) is 0 Å². The Labute approximate surface area is 156 Å². The molecule has 2 aromatic rings. The van der Waals surface area contributed by atoms with Gasteiger partial charge in [-0.15, -0.1) is 0 Å². The molecule has 6 heteroatoms. The Hall–Kier alpha value is -2.18. The van der Waals surface area contributed by atoms with Gasteiger partial charge < -0.3 is 10.1 Å². The van der Waals surface area contributed by atoms with Crippen LogP contribution in [-0.2, 0) is 20.9 Å². The molecule has 0 aliphatic carbocycles. The number of para-hydroxylation sites is 1. The lowest BCUT2D eigenvalue weighted by Gasteiger charge is -2.21. The average molecular weight is 405 g/mol. The van der Waals surface area contributed by atoms with E-state index >= 15 is 0 Å². The van der Waals surface area contributed by atoms with Crippen molar-refractivity contribution in [3.8, 4) is 0 Å². The molecule has 25 heavy (non-hydrogen) atoms. The Morgan fingerprint density at radius 2 is 1.72 bits per heavy atom. The quantitative estimate of drug-likeness (QED) is 0.684. The summed E-state index contributed by atoms with van der Waals surface area (Å²) >= 11 is 3.40. The first-order chi connectivity index (χ1) is 12.1. The summed E-state index contributed by atoms with van der Waals surface area (Å²) in [6.45, 7) is 2.73. The summed E-state index contributed by atoms with van der Waals surface area (Å²) in [5.74, 6) is -0.528. The number of hydrogen-bond donors (Lipinski definition) is 1. The van der Waals surface area contributed by atoms with Gasteiger partial charge in [-0.05, 0) is 40.5 Å². The van der Waals surface area contributed by atoms with Crippen molar-refractivity contribution in [3.63, 3.8) is 0 Å². The summed E-state index contributed by atoms with van der Waals surface area (Å²) in [6, 6.07) is 17.1. The van der Waals surface area contributed by atoms with Gasteiger partial charge in [-0.3, -0.25) is 14.5 Å². The zero-order valence-corrected chi connectivity index (χ0v) is 15.7. The number of anilines is 1. The number of amides is 1. The fourth-order valence-corrected chi connectivity index (χ4v) is 2.74. The Bertz CT molecular complexity index is 707. The van der Waals surface area contributed by atoms with E-state index in [-0.39, 0.29) is 25.0 Å². The Morgan fingerprint density at radius 3 is 2.40 bits per heavy atom. The van der Waals surface area contributed by atoms with Crippen LogP contribution in [0.4, 0.5) is 5.69 Å². The SMILES string of the molecule is CCOC(=O)CN(CC(=O)Nc1ccccc1Br)Cc1ccccc1. The van der Waals surface area contributed by atoms with Gasteiger partial charge in [0.05, 0.1) is 25.4 Å². The molecule has 0 aliphatic rings. The molecule has 0 fully saturated rings. The predicted molar refractivity (Wildman–Crippen MR) is 101 cm³/mol. The molecule has 1 amide bonds. The molecule has 0 saturated heterocycles. The molecule has 0 aromatic heterocycles. The molecule has 0 bridgehead atoms. The van der Waals surface area contributed by atoms with Gasteiger partial charge in [-0.1, -0.05) is 42.5 Å². The number of esters is 1. The molecular weight excluding hydrogens is 384 g/mol. The highest BCUT2D eigenvalue weighted by atomic mass is 79.9. The third kappa shape index (κ3) is 6.68. The molecule has 2 aromatic carbocycles. The molecule has 0 atom stereocenters. The van der Waals surface area contributed by atoms with Crippen molar-refractivity contribution in [2.45, 2.75) is 13.5 Å². The number of carbonyl (C=O) groups is 2. The van der Waals surface area contributed by atoms with E-state index in [1.54, 1.807) is 11.8 Å². The lowest BCUT2D eigenvalue weighted by molar-refractivity contribution is -0.144. The summed E-state index contributed by atoms with van der Waals surface area (Å²) in [4.78, 5) is 26.0. The summed E-state index contributed by atoms with van der Waals surface area (Å²) in [5.41, 5.74) is 1.73. The first-order valence-electron chi connectivity index (χ1n) is 8.04. The summed E-state index contributed by atoms with van der Waals surface area (Å²) < 4.78 is 5.82. The van der Waals surface area contributed by atoms with E-state index in [2.05, 4.69) is 21.2 Å². The fourth-order valence-electron chi connectivity index (χ4n) is 2.35. The monoisotopic (exact) mass is 404 g/mol. The van der Waals surface area contributed by atoms with E-state index in [0.717, 1.165) is 10.0 Å². The first kappa shape index (κ1) is 19.1. The van der Waals surface area contributed by atoms with Crippen molar-refractivity contribution in [1.82, 2.24) is 4.90 Å². The number of rotatable bonds is 8. The molecule has 2 rings (SSSR count). The number of benzene rings is 2. The molecule has 0 heterocycles. The first-order valence-corrected chi connectivity index (χ1v) is 8.84. The van der Waals surface area contributed by atoms with E-state index < -0.39 is 0 Å². The van der Waals surface area contributed by atoms with Crippen LogP contribution in [0.3, 0.4) is 0 Å².